The van der Waals surface area contributed by atoms with Crippen LogP contribution in [0.4, 0.5) is 4.39 Å². The van der Waals surface area contributed by atoms with Gasteiger partial charge in [-0.05, 0) is 74.9 Å². The number of carbonyl (C=O) groups is 2. The van der Waals surface area contributed by atoms with E-state index >= 15 is 4.39 Å². The lowest BCUT2D eigenvalue weighted by Gasteiger charge is -2.23. The van der Waals surface area contributed by atoms with Crippen LogP contribution in [0.3, 0.4) is 0 Å². The third-order valence-electron chi connectivity index (χ3n) is 5.70. The molecule has 0 spiro atoms. The van der Waals surface area contributed by atoms with Gasteiger partial charge < -0.3 is 19.9 Å². The lowest BCUT2D eigenvalue weighted by atomic mass is 9.92. The maximum Gasteiger partial charge on any atom is 0.308 e. The summed E-state index contributed by atoms with van der Waals surface area (Å²) in [7, 11) is 0. The second-order valence-corrected chi connectivity index (χ2v) is 8.52. The molecule has 0 aliphatic heterocycles. The smallest absolute Gasteiger partial charge is 0.308 e. The highest BCUT2D eigenvalue weighted by atomic mass is 19.1. The average molecular weight is 498 g/mol. The Hall–Kier alpha value is -3.45. The van der Waals surface area contributed by atoms with E-state index in [0.29, 0.717) is 36.3 Å². The molecule has 2 rings (SSSR count). The quantitative estimate of drug-likeness (QED) is 0.204. The number of aliphatic hydroxyl groups excluding tert-OH is 1. The second kappa shape index (κ2) is 14.2. The fraction of sp³-hybridized carbons (Fsp3) is 0.379. The number of allylic oxidation sites excluding steroid dienone is 1. The number of aliphatic hydroxyl groups is 1. The number of aryl methyl sites for hydroxylation is 2. The van der Waals surface area contributed by atoms with Crippen LogP contribution in [0.1, 0.15) is 55.3 Å². The predicted octanol–water partition coefficient (Wildman–Crippen LogP) is 5.50. The minimum Gasteiger partial charge on any atom is -0.493 e. The van der Waals surface area contributed by atoms with Crippen LogP contribution in [0, 0.1) is 19.7 Å². The first-order valence-corrected chi connectivity index (χ1v) is 12.1. The molecule has 2 atom stereocenters. The second-order valence-electron chi connectivity index (χ2n) is 8.52. The van der Waals surface area contributed by atoms with Crippen LogP contribution in [0.5, 0.6) is 5.75 Å². The first-order valence-electron chi connectivity index (χ1n) is 12.1. The van der Waals surface area contributed by atoms with Crippen molar-refractivity contribution in [2.45, 2.75) is 58.6 Å². The Bertz CT molecular complexity index is 1080. The van der Waals surface area contributed by atoms with Crippen molar-refractivity contribution >= 4 is 11.9 Å². The molecule has 6 nitrogen and oxygen atoms in total. The Morgan fingerprint density at radius 2 is 1.86 bits per heavy atom. The van der Waals surface area contributed by atoms with E-state index in [4.69, 9.17) is 9.47 Å². The standard InChI is InChI=1S/C29H36FNO5/c1-6-9-13-24(32)29(34)31-23(18-26(33)35-8-3)22-17-21(16-20(5)28(22)30)27-19(4)12-11-14-25(27)36-15-10-7-2/h6-7,11-12,14,16-17,23-24,32H,1-2,8-10,13,15,18H2,3-5H3,(H,31,34)/t23-,24+/m0/s1. The monoisotopic (exact) mass is 497 g/mol. The number of esters is 1. The van der Waals surface area contributed by atoms with Crippen molar-refractivity contribution in [3.8, 4) is 16.9 Å². The summed E-state index contributed by atoms with van der Waals surface area (Å²) in [6, 6.07) is 7.95. The van der Waals surface area contributed by atoms with Gasteiger partial charge in [0.25, 0.3) is 0 Å². The molecule has 0 saturated carbocycles. The van der Waals surface area contributed by atoms with Crippen LogP contribution < -0.4 is 10.1 Å². The van der Waals surface area contributed by atoms with Crippen LogP contribution in [-0.2, 0) is 14.3 Å². The Morgan fingerprint density at radius 1 is 1.14 bits per heavy atom. The van der Waals surface area contributed by atoms with Crippen LogP contribution in [0.25, 0.3) is 11.1 Å². The van der Waals surface area contributed by atoms with Crippen LogP contribution in [0.2, 0.25) is 0 Å². The average Bonchev–Trinajstić information content (AvgIpc) is 2.84. The minimum atomic E-state index is -1.32. The summed E-state index contributed by atoms with van der Waals surface area (Å²) >= 11 is 0. The van der Waals surface area contributed by atoms with E-state index in [9.17, 15) is 14.7 Å². The summed E-state index contributed by atoms with van der Waals surface area (Å²) < 4.78 is 26.5. The highest BCUT2D eigenvalue weighted by molar-refractivity contribution is 5.82. The van der Waals surface area contributed by atoms with E-state index in [0.717, 1.165) is 11.1 Å². The van der Waals surface area contributed by atoms with E-state index < -0.39 is 29.8 Å². The van der Waals surface area contributed by atoms with Crippen molar-refractivity contribution in [3.05, 3.63) is 78.1 Å². The van der Waals surface area contributed by atoms with Gasteiger partial charge in [0.05, 0.1) is 25.7 Å². The van der Waals surface area contributed by atoms with Gasteiger partial charge in [-0.2, -0.15) is 0 Å². The zero-order valence-electron chi connectivity index (χ0n) is 21.3. The molecule has 1 amide bonds. The van der Waals surface area contributed by atoms with Gasteiger partial charge >= 0.3 is 5.97 Å². The van der Waals surface area contributed by atoms with E-state index in [-0.39, 0.29) is 25.0 Å². The summed E-state index contributed by atoms with van der Waals surface area (Å²) in [5.41, 5.74) is 2.87. The number of hydrogen-bond donors (Lipinski definition) is 2. The maximum atomic E-state index is 15.5. The SMILES string of the molecule is C=CCCOc1cccc(C)c1-c1cc(C)c(F)c([C@H](CC(=O)OCC)NC(=O)[C@H](O)CCC=C)c1. The van der Waals surface area contributed by atoms with Gasteiger partial charge in [-0.15, -0.1) is 13.2 Å². The molecule has 2 N–H and O–H groups in total. The molecule has 0 saturated heterocycles. The summed E-state index contributed by atoms with van der Waals surface area (Å²) in [5.74, 6) is -1.19. The Labute approximate surface area is 212 Å². The fourth-order valence-electron chi connectivity index (χ4n) is 3.88. The fourth-order valence-corrected chi connectivity index (χ4v) is 3.88. The molecular formula is C29H36FNO5. The lowest BCUT2D eigenvalue weighted by Crippen LogP contribution is -2.38. The number of hydrogen-bond acceptors (Lipinski definition) is 5. The van der Waals surface area contributed by atoms with Crippen molar-refractivity contribution < 1.29 is 28.6 Å². The normalized spacial score (nSPS) is 12.4. The van der Waals surface area contributed by atoms with Gasteiger partial charge in [-0.25, -0.2) is 4.39 Å². The number of halogens is 1. The molecule has 0 fully saturated rings. The van der Waals surface area contributed by atoms with Gasteiger partial charge in [-0.3, -0.25) is 9.59 Å². The molecular weight excluding hydrogens is 461 g/mol. The molecule has 0 radical (unpaired) electrons. The summed E-state index contributed by atoms with van der Waals surface area (Å²) in [6.07, 6.45) is 3.02. The van der Waals surface area contributed by atoms with Crippen LogP contribution in [-0.4, -0.2) is 36.3 Å². The zero-order valence-corrected chi connectivity index (χ0v) is 21.3. The van der Waals surface area contributed by atoms with Crippen molar-refractivity contribution in [3.63, 3.8) is 0 Å². The van der Waals surface area contributed by atoms with Gasteiger partial charge in [0, 0.05) is 11.1 Å². The number of amides is 1. The Balaban J connectivity index is 2.55. The molecule has 0 heterocycles. The number of rotatable bonds is 14. The number of ether oxygens (including phenoxy) is 2. The molecule has 2 aromatic rings. The molecule has 0 aromatic heterocycles. The van der Waals surface area contributed by atoms with Crippen molar-refractivity contribution in [2.24, 2.45) is 0 Å². The van der Waals surface area contributed by atoms with Crippen molar-refractivity contribution in [2.75, 3.05) is 13.2 Å². The largest absolute Gasteiger partial charge is 0.493 e. The minimum absolute atomic E-state index is 0.127. The van der Waals surface area contributed by atoms with E-state index in [1.807, 2.05) is 25.1 Å². The van der Waals surface area contributed by atoms with E-state index in [1.165, 1.54) is 0 Å². The summed E-state index contributed by atoms with van der Waals surface area (Å²) in [6.45, 7) is 13.1. The highest BCUT2D eigenvalue weighted by Crippen LogP contribution is 2.37. The zero-order chi connectivity index (χ0) is 26.7. The Morgan fingerprint density at radius 3 is 2.53 bits per heavy atom. The van der Waals surface area contributed by atoms with Gasteiger partial charge in [0.2, 0.25) is 5.91 Å². The van der Waals surface area contributed by atoms with Gasteiger partial charge in [0.1, 0.15) is 17.7 Å². The van der Waals surface area contributed by atoms with Crippen molar-refractivity contribution in [1.82, 2.24) is 5.32 Å². The molecule has 0 aliphatic carbocycles. The molecule has 2 aromatic carbocycles. The summed E-state index contributed by atoms with van der Waals surface area (Å²) in [5, 5.41) is 12.9. The number of carbonyl (C=O) groups excluding carboxylic acids is 2. The molecule has 194 valence electrons. The first kappa shape index (κ1) is 28.8. The van der Waals surface area contributed by atoms with E-state index in [1.54, 1.807) is 38.1 Å². The maximum absolute atomic E-state index is 15.5. The lowest BCUT2D eigenvalue weighted by molar-refractivity contribution is -0.144. The Kier molecular flexibility index (Phi) is 11.3. The molecule has 0 unspecified atom stereocenters. The van der Waals surface area contributed by atoms with Crippen molar-refractivity contribution in [1.29, 1.82) is 0 Å². The molecule has 0 bridgehead atoms. The summed E-state index contributed by atoms with van der Waals surface area (Å²) in [4.78, 5) is 25.0. The van der Waals surface area contributed by atoms with Crippen LogP contribution >= 0.6 is 0 Å². The first-order chi connectivity index (χ1) is 17.2. The third-order valence-corrected chi connectivity index (χ3v) is 5.70. The number of benzene rings is 2. The predicted molar refractivity (Wildman–Crippen MR) is 139 cm³/mol. The third kappa shape index (κ3) is 7.78. The van der Waals surface area contributed by atoms with Gasteiger partial charge in [0.15, 0.2) is 0 Å². The number of nitrogens with one attached hydrogen (secondary N) is 1. The topological polar surface area (TPSA) is 84.9 Å². The highest BCUT2D eigenvalue weighted by Gasteiger charge is 2.27. The van der Waals surface area contributed by atoms with E-state index in [2.05, 4.69) is 18.5 Å². The van der Waals surface area contributed by atoms with Gasteiger partial charge in [-0.1, -0.05) is 24.3 Å². The molecule has 0 aliphatic rings. The molecule has 36 heavy (non-hydrogen) atoms. The molecule has 7 heteroatoms. The van der Waals surface area contributed by atoms with Crippen LogP contribution in [0.15, 0.2) is 55.6 Å².